The van der Waals surface area contributed by atoms with E-state index in [1.54, 1.807) is 0 Å². The molecule has 1 aromatic carbocycles. The Balaban J connectivity index is 1.65. The lowest BCUT2D eigenvalue weighted by molar-refractivity contribution is 0.170. The Morgan fingerprint density at radius 3 is 2.63 bits per heavy atom. The van der Waals surface area contributed by atoms with Crippen molar-refractivity contribution in [1.29, 1.82) is 0 Å². The van der Waals surface area contributed by atoms with Crippen LogP contribution >= 0.6 is 0 Å². The molecule has 1 saturated carbocycles. The smallest absolute Gasteiger partial charge is 0.247 e. The van der Waals surface area contributed by atoms with E-state index in [-0.39, 0.29) is 0 Å². The van der Waals surface area contributed by atoms with Crippen molar-refractivity contribution in [2.75, 3.05) is 0 Å². The summed E-state index contributed by atoms with van der Waals surface area (Å²) in [4.78, 5) is 0. The molecule has 100 valence electrons. The van der Waals surface area contributed by atoms with E-state index < -0.39 is 0 Å². The van der Waals surface area contributed by atoms with Crippen molar-refractivity contribution in [1.82, 2.24) is 15.5 Å². The fourth-order valence-corrected chi connectivity index (χ4v) is 2.54. The van der Waals surface area contributed by atoms with Gasteiger partial charge in [-0.05, 0) is 37.8 Å². The molecular weight excluding hydrogens is 238 g/mol. The molecule has 0 unspecified atom stereocenters. The van der Waals surface area contributed by atoms with Gasteiger partial charge in [0.1, 0.15) is 0 Å². The largest absolute Gasteiger partial charge is 0.419 e. The lowest BCUT2D eigenvalue weighted by atomic mass is 9.75. The van der Waals surface area contributed by atoms with Crippen molar-refractivity contribution in [3.05, 3.63) is 36.2 Å². The van der Waals surface area contributed by atoms with Gasteiger partial charge in [-0.25, -0.2) is 0 Å². The third-order valence-electron chi connectivity index (χ3n) is 4.09. The van der Waals surface area contributed by atoms with Crippen LogP contribution < -0.4 is 5.32 Å². The monoisotopic (exact) mass is 257 g/mol. The molecule has 19 heavy (non-hydrogen) atoms. The number of nitrogens with one attached hydrogen (secondary N) is 1. The third-order valence-corrected chi connectivity index (χ3v) is 4.09. The van der Waals surface area contributed by atoms with Gasteiger partial charge < -0.3 is 9.73 Å². The maximum Gasteiger partial charge on any atom is 0.247 e. The van der Waals surface area contributed by atoms with Crippen LogP contribution in [0.2, 0.25) is 0 Å². The quantitative estimate of drug-likeness (QED) is 0.894. The molecule has 0 atom stereocenters. The van der Waals surface area contributed by atoms with Gasteiger partial charge in [-0.15, -0.1) is 10.2 Å². The molecule has 1 aliphatic carbocycles. The standard InChI is InChI=1S/C15H19N3O/c1-2-15(9-6-10-15)16-11-13-17-18-14(19-13)12-7-4-3-5-8-12/h3-5,7-8,16H,2,6,9-11H2,1H3. The highest BCUT2D eigenvalue weighted by Gasteiger charge is 2.34. The fraction of sp³-hybridized carbons (Fsp3) is 0.467. The Morgan fingerprint density at radius 1 is 1.21 bits per heavy atom. The maximum absolute atomic E-state index is 5.69. The molecule has 1 heterocycles. The van der Waals surface area contributed by atoms with E-state index in [1.807, 2.05) is 30.3 Å². The molecule has 4 heteroatoms. The predicted octanol–water partition coefficient (Wildman–Crippen LogP) is 3.16. The van der Waals surface area contributed by atoms with Crippen LogP contribution in [0.25, 0.3) is 11.5 Å². The second-order valence-corrected chi connectivity index (χ2v) is 5.21. The highest BCUT2D eigenvalue weighted by atomic mass is 16.4. The van der Waals surface area contributed by atoms with E-state index in [2.05, 4.69) is 22.4 Å². The normalized spacial score (nSPS) is 17.1. The van der Waals surface area contributed by atoms with Crippen LogP contribution in [-0.4, -0.2) is 15.7 Å². The van der Waals surface area contributed by atoms with Gasteiger partial charge in [0.05, 0.1) is 6.54 Å². The van der Waals surface area contributed by atoms with Crippen LogP contribution in [-0.2, 0) is 6.54 Å². The van der Waals surface area contributed by atoms with E-state index >= 15 is 0 Å². The SMILES string of the molecule is CCC1(NCc2nnc(-c3ccccc3)o2)CCC1. The Kier molecular flexibility index (Phi) is 3.34. The second kappa shape index (κ2) is 5.13. The molecule has 0 aliphatic heterocycles. The van der Waals surface area contributed by atoms with E-state index in [9.17, 15) is 0 Å². The van der Waals surface area contributed by atoms with Crippen LogP contribution in [0.4, 0.5) is 0 Å². The minimum Gasteiger partial charge on any atom is -0.419 e. The van der Waals surface area contributed by atoms with Crippen molar-refractivity contribution < 1.29 is 4.42 Å². The first-order valence-corrected chi connectivity index (χ1v) is 6.94. The number of nitrogens with zero attached hydrogens (tertiary/aromatic N) is 2. The molecule has 4 nitrogen and oxygen atoms in total. The zero-order valence-corrected chi connectivity index (χ0v) is 11.2. The van der Waals surface area contributed by atoms with Crippen LogP contribution in [0.3, 0.4) is 0 Å². The van der Waals surface area contributed by atoms with E-state index in [4.69, 9.17) is 4.42 Å². The van der Waals surface area contributed by atoms with Crippen LogP contribution in [0.5, 0.6) is 0 Å². The first-order valence-electron chi connectivity index (χ1n) is 6.94. The molecule has 3 rings (SSSR count). The lowest BCUT2D eigenvalue weighted by Gasteiger charge is -2.42. The molecule has 2 aromatic rings. The highest BCUT2D eigenvalue weighted by Crippen LogP contribution is 2.34. The summed E-state index contributed by atoms with van der Waals surface area (Å²) in [6, 6.07) is 9.87. The predicted molar refractivity (Wildman–Crippen MR) is 73.4 cm³/mol. The minimum absolute atomic E-state index is 0.307. The fourth-order valence-electron chi connectivity index (χ4n) is 2.54. The summed E-state index contributed by atoms with van der Waals surface area (Å²) < 4.78 is 5.69. The Bertz CT molecular complexity index is 526. The van der Waals surface area contributed by atoms with Crippen LogP contribution in [0.15, 0.2) is 34.7 Å². The van der Waals surface area contributed by atoms with Crippen molar-refractivity contribution in [2.24, 2.45) is 0 Å². The third kappa shape index (κ3) is 2.54. The van der Waals surface area contributed by atoms with Crippen molar-refractivity contribution in [3.8, 4) is 11.5 Å². The first kappa shape index (κ1) is 12.4. The van der Waals surface area contributed by atoms with Gasteiger partial charge in [-0.2, -0.15) is 0 Å². The molecule has 0 bridgehead atoms. The topological polar surface area (TPSA) is 51.0 Å². The molecule has 1 aromatic heterocycles. The average Bonchev–Trinajstić information content (AvgIpc) is 2.88. The summed E-state index contributed by atoms with van der Waals surface area (Å²) in [7, 11) is 0. The molecule has 0 radical (unpaired) electrons. The molecule has 1 aliphatic rings. The summed E-state index contributed by atoms with van der Waals surface area (Å²) in [5.41, 5.74) is 1.27. The van der Waals surface area contributed by atoms with Gasteiger partial charge in [0.25, 0.3) is 0 Å². The Hall–Kier alpha value is -1.68. The summed E-state index contributed by atoms with van der Waals surface area (Å²) in [6.45, 7) is 2.89. The zero-order chi connectivity index (χ0) is 13.1. The number of hydrogen-bond acceptors (Lipinski definition) is 4. The molecule has 1 N–H and O–H groups in total. The molecule has 0 spiro atoms. The lowest BCUT2D eigenvalue weighted by Crippen LogP contribution is -2.49. The van der Waals surface area contributed by atoms with Crippen LogP contribution in [0.1, 0.15) is 38.5 Å². The van der Waals surface area contributed by atoms with Gasteiger partial charge >= 0.3 is 0 Å². The molecule has 0 amide bonds. The first-order chi connectivity index (χ1) is 9.31. The van der Waals surface area contributed by atoms with Crippen LogP contribution in [0, 0.1) is 0 Å². The summed E-state index contributed by atoms with van der Waals surface area (Å²) in [5, 5.41) is 11.8. The number of benzene rings is 1. The summed E-state index contributed by atoms with van der Waals surface area (Å²) in [6.07, 6.45) is 4.99. The zero-order valence-electron chi connectivity index (χ0n) is 11.2. The maximum atomic E-state index is 5.69. The molecular formula is C15H19N3O. The summed E-state index contributed by atoms with van der Waals surface area (Å²) >= 11 is 0. The number of rotatable bonds is 5. The van der Waals surface area contributed by atoms with Crippen molar-refractivity contribution in [3.63, 3.8) is 0 Å². The van der Waals surface area contributed by atoms with E-state index in [0.29, 0.717) is 23.9 Å². The van der Waals surface area contributed by atoms with Gasteiger partial charge in [0.15, 0.2) is 0 Å². The second-order valence-electron chi connectivity index (χ2n) is 5.21. The summed E-state index contributed by atoms with van der Waals surface area (Å²) in [5.74, 6) is 1.26. The van der Waals surface area contributed by atoms with Gasteiger partial charge in [-0.1, -0.05) is 25.1 Å². The van der Waals surface area contributed by atoms with E-state index in [1.165, 1.54) is 19.3 Å². The van der Waals surface area contributed by atoms with Gasteiger partial charge in [0.2, 0.25) is 11.8 Å². The van der Waals surface area contributed by atoms with Crippen molar-refractivity contribution >= 4 is 0 Å². The highest BCUT2D eigenvalue weighted by molar-refractivity contribution is 5.51. The number of hydrogen-bond donors (Lipinski definition) is 1. The van der Waals surface area contributed by atoms with Crippen molar-refractivity contribution in [2.45, 2.75) is 44.7 Å². The minimum atomic E-state index is 0.307. The Labute approximate surface area is 113 Å². The molecule has 0 saturated heterocycles. The molecule has 1 fully saturated rings. The Morgan fingerprint density at radius 2 is 2.00 bits per heavy atom. The van der Waals surface area contributed by atoms with Gasteiger partial charge in [-0.3, -0.25) is 0 Å². The van der Waals surface area contributed by atoms with Gasteiger partial charge in [0, 0.05) is 11.1 Å². The average molecular weight is 257 g/mol. The number of aromatic nitrogens is 2. The van der Waals surface area contributed by atoms with E-state index in [0.717, 1.165) is 12.0 Å².